The lowest BCUT2D eigenvalue weighted by molar-refractivity contribution is 0.0558. The van der Waals surface area contributed by atoms with E-state index in [1.807, 2.05) is 0 Å². The van der Waals surface area contributed by atoms with Gasteiger partial charge >= 0.3 is 0 Å². The second-order valence-electron chi connectivity index (χ2n) is 7.26. The molecule has 0 bridgehead atoms. The van der Waals surface area contributed by atoms with Gasteiger partial charge in [-0.25, -0.2) is 13.4 Å². The number of carbonyl (C=O) groups is 1. The number of likely N-dealkylation sites (tertiary alicyclic amines) is 1. The third kappa shape index (κ3) is 2.96. The molecule has 3 heterocycles. The Balaban J connectivity index is 1.73. The number of hydrogen-bond acceptors (Lipinski definition) is 6. The first-order valence-corrected chi connectivity index (χ1v) is 9.80. The van der Waals surface area contributed by atoms with E-state index < -0.39 is 15.6 Å². The molecule has 9 heteroatoms. The quantitative estimate of drug-likeness (QED) is 0.835. The summed E-state index contributed by atoms with van der Waals surface area (Å²) in [5.74, 6) is 0.0283. The second kappa shape index (κ2) is 5.82. The Hall–Kier alpha value is -1.45. The summed E-state index contributed by atoms with van der Waals surface area (Å²) in [6.07, 6.45) is 5.82. The number of rotatable bonds is 3. The molecule has 2 fully saturated rings. The molecule has 1 spiro atoms. The maximum Gasteiger partial charge on any atom is 0.291 e. The van der Waals surface area contributed by atoms with E-state index >= 15 is 0 Å². The molecule has 3 rings (SSSR count). The maximum absolute atomic E-state index is 12.3. The number of aliphatic hydroxyl groups is 1. The molecule has 2 aliphatic heterocycles. The molecule has 8 nitrogen and oxygen atoms in total. The molecule has 134 valence electrons. The third-order valence-corrected chi connectivity index (χ3v) is 6.70. The molecule has 1 aromatic rings. The van der Waals surface area contributed by atoms with E-state index in [1.165, 1.54) is 23.2 Å². The molecular weight excluding hydrogens is 334 g/mol. The fourth-order valence-corrected chi connectivity index (χ4v) is 5.53. The van der Waals surface area contributed by atoms with Gasteiger partial charge < -0.3 is 14.4 Å². The number of aromatic nitrogens is 1. The van der Waals surface area contributed by atoms with Gasteiger partial charge in [-0.3, -0.25) is 4.79 Å². The van der Waals surface area contributed by atoms with Gasteiger partial charge in [0.15, 0.2) is 6.39 Å². The predicted octanol–water partition coefficient (Wildman–Crippen LogP) is 0.313. The Kier molecular flexibility index (Phi) is 4.21. The Bertz CT molecular complexity index is 709. The Morgan fingerprint density at radius 2 is 2.08 bits per heavy atom. The number of amides is 1. The molecule has 2 saturated heterocycles. The number of oxazole rings is 1. The summed E-state index contributed by atoms with van der Waals surface area (Å²) in [5.41, 5.74) is -0.969. The normalized spacial score (nSPS) is 27.7. The molecule has 24 heavy (non-hydrogen) atoms. The average Bonchev–Trinajstić information content (AvgIpc) is 3.14. The van der Waals surface area contributed by atoms with Crippen LogP contribution in [0.3, 0.4) is 0 Å². The van der Waals surface area contributed by atoms with Crippen LogP contribution in [0, 0.1) is 5.41 Å². The summed E-state index contributed by atoms with van der Waals surface area (Å²) in [5, 5.41) is 9.75. The molecule has 1 atom stereocenters. The summed E-state index contributed by atoms with van der Waals surface area (Å²) in [6.45, 7) is 3.06. The lowest BCUT2D eigenvalue weighted by Crippen LogP contribution is -2.47. The highest BCUT2D eigenvalue weighted by Crippen LogP contribution is 2.48. The van der Waals surface area contributed by atoms with E-state index in [0.717, 1.165) is 0 Å². The van der Waals surface area contributed by atoms with Gasteiger partial charge in [0.05, 0.1) is 24.6 Å². The van der Waals surface area contributed by atoms with Gasteiger partial charge in [0.25, 0.3) is 5.91 Å². The molecule has 0 aliphatic carbocycles. The van der Waals surface area contributed by atoms with Crippen LogP contribution in [0.5, 0.6) is 0 Å². The van der Waals surface area contributed by atoms with E-state index in [9.17, 15) is 18.3 Å². The van der Waals surface area contributed by atoms with Gasteiger partial charge in [0.2, 0.25) is 15.8 Å². The van der Waals surface area contributed by atoms with Crippen molar-refractivity contribution >= 4 is 15.9 Å². The van der Waals surface area contributed by atoms with E-state index in [1.54, 1.807) is 11.8 Å². The largest absolute Gasteiger partial charge is 0.438 e. The minimum absolute atomic E-state index is 0.190. The highest BCUT2D eigenvalue weighted by Gasteiger charge is 2.54. The topological polar surface area (TPSA) is 104 Å². The fourth-order valence-electron chi connectivity index (χ4n) is 4.10. The molecule has 1 amide bonds. The van der Waals surface area contributed by atoms with E-state index in [0.29, 0.717) is 38.9 Å². The highest BCUT2D eigenvalue weighted by atomic mass is 32.2. The van der Waals surface area contributed by atoms with Crippen molar-refractivity contribution in [3.63, 3.8) is 0 Å². The van der Waals surface area contributed by atoms with Crippen molar-refractivity contribution in [3.05, 3.63) is 18.4 Å². The summed E-state index contributed by atoms with van der Waals surface area (Å²) >= 11 is 0. The van der Waals surface area contributed by atoms with Crippen molar-refractivity contribution in [2.45, 2.75) is 31.7 Å². The van der Waals surface area contributed by atoms with Crippen LogP contribution in [0.25, 0.3) is 0 Å². The van der Waals surface area contributed by atoms with E-state index in [4.69, 9.17) is 4.42 Å². The number of nitrogens with zero attached hydrogens (tertiary/aromatic N) is 3. The van der Waals surface area contributed by atoms with Crippen molar-refractivity contribution in [2.75, 3.05) is 32.5 Å². The zero-order valence-electron chi connectivity index (χ0n) is 13.9. The van der Waals surface area contributed by atoms with E-state index in [-0.39, 0.29) is 23.7 Å². The molecule has 0 saturated carbocycles. The highest BCUT2D eigenvalue weighted by molar-refractivity contribution is 7.88. The van der Waals surface area contributed by atoms with Gasteiger partial charge in [0.1, 0.15) is 0 Å². The van der Waals surface area contributed by atoms with Crippen LogP contribution in [-0.2, 0) is 10.0 Å². The second-order valence-corrected chi connectivity index (χ2v) is 9.17. The van der Waals surface area contributed by atoms with Crippen LogP contribution in [0.2, 0.25) is 0 Å². The van der Waals surface area contributed by atoms with E-state index in [2.05, 4.69) is 4.98 Å². The first kappa shape index (κ1) is 17.4. The molecule has 0 radical (unpaired) electrons. The predicted molar refractivity (Wildman–Crippen MR) is 85.7 cm³/mol. The number of hydrogen-bond donors (Lipinski definition) is 1. The first-order chi connectivity index (χ1) is 11.2. The van der Waals surface area contributed by atoms with Crippen molar-refractivity contribution < 1.29 is 22.7 Å². The molecule has 1 aromatic heterocycles. The van der Waals surface area contributed by atoms with Gasteiger partial charge in [-0.1, -0.05) is 0 Å². The fraction of sp³-hybridized carbons (Fsp3) is 0.733. The number of aliphatic hydroxyl groups excluding tert-OH is 1. The summed E-state index contributed by atoms with van der Waals surface area (Å²) in [4.78, 5) is 17.8. The number of carbonyl (C=O) groups excluding carboxylic acids is 1. The van der Waals surface area contributed by atoms with Crippen molar-refractivity contribution in [3.8, 4) is 0 Å². The van der Waals surface area contributed by atoms with Crippen molar-refractivity contribution in [1.29, 1.82) is 0 Å². The monoisotopic (exact) mass is 357 g/mol. The minimum Gasteiger partial charge on any atom is -0.438 e. The third-order valence-electron chi connectivity index (χ3n) is 5.33. The minimum atomic E-state index is -3.39. The van der Waals surface area contributed by atoms with Gasteiger partial charge in [-0.05, 0) is 31.6 Å². The Morgan fingerprint density at radius 3 is 2.54 bits per heavy atom. The molecule has 1 unspecified atom stereocenters. The molecule has 2 aliphatic rings. The van der Waals surface area contributed by atoms with Crippen LogP contribution < -0.4 is 0 Å². The smallest absolute Gasteiger partial charge is 0.291 e. The number of sulfonamides is 1. The summed E-state index contributed by atoms with van der Waals surface area (Å²) in [7, 11) is -3.39. The summed E-state index contributed by atoms with van der Waals surface area (Å²) < 4.78 is 30.7. The Labute approximate surface area is 141 Å². The SMILES string of the molecule is CC1(CO)CC2(CCN(C(=O)c3cnco3)CC2)CN1S(C)(=O)=O. The van der Waals surface area contributed by atoms with Gasteiger partial charge in [-0.15, -0.1) is 0 Å². The van der Waals surface area contributed by atoms with Gasteiger partial charge in [-0.2, -0.15) is 4.31 Å². The van der Waals surface area contributed by atoms with Crippen LogP contribution >= 0.6 is 0 Å². The molecule has 1 N–H and O–H groups in total. The van der Waals surface area contributed by atoms with Crippen LogP contribution in [0.15, 0.2) is 17.0 Å². The van der Waals surface area contributed by atoms with Gasteiger partial charge in [0, 0.05) is 19.6 Å². The zero-order chi connectivity index (χ0) is 17.6. The molecule has 0 aromatic carbocycles. The van der Waals surface area contributed by atoms with Crippen LogP contribution in [0.4, 0.5) is 0 Å². The lowest BCUT2D eigenvalue weighted by atomic mass is 9.74. The number of piperidine rings is 1. The lowest BCUT2D eigenvalue weighted by Gasteiger charge is -2.39. The standard InChI is InChI=1S/C15H23N3O5S/c1-14(10-19)8-15(9-18(14)24(2,21)22)3-5-17(6-4-15)13(20)12-7-16-11-23-12/h7,11,19H,3-6,8-10H2,1-2H3. The summed E-state index contributed by atoms with van der Waals surface area (Å²) in [6, 6.07) is 0. The van der Waals surface area contributed by atoms with Crippen molar-refractivity contribution in [2.24, 2.45) is 5.41 Å². The average molecular weight is 357 g/mol. The van der Waals surface area contributed by atoms with Crippen LogP contribution in [0.1, 0.15) is 36.7 Å². The maximum atomic E-state index is 12.3. The Morgan fingerprint density at radius 1 is 1.42 bits per heavy atom. The van der Waals surface area contributed by atoms with Crippen molar-refractivity contribution in [1.82, 2.24) is 14.2 Å². The zero-order valence-corrected chi connectivity index (χ0v) is 14.8. The molecular formula is C15H23N3O5S. The first-order valence-electron chi connectivity index (χ1n) is 7.96. The van der Waals surface area contributed by atoms with Crippen LogP contribution in [-0.4, -0.2) is 71.7 Å².